The van der Waals surface area contributed by atoms with Crippen molar-refractivity contribution in [2.24, 2.45) is 4.99 Å². The van der Waals surface area contributed by atoms with Crippen LogP contribution in [0.15, 0.2) is 35.3 Å². The summed E-state index contributed by atoms with van der Waals surface area (Å²) >= 11 is 0. The van der Waals surface area contributed by atoms with Gasteiger partial charge in [-0.15, -0.1) is 0 Å². The molecule has 5 nitrogen and oxygen atoms in total. The summed E-state index contributed by atoms with van der Waals surface area (Å²) in [6.07, 6.45) is -0.160. The molecule has 1 aromatic rings. The average Bonchev–Trinajstić information content (AvgIpc) is 2.83. The van der Waals surface area contributed by atoms with E-state index in [0.717, 1.165) is 5.56 Å². The first kappa shape index (κ1) is 14.2. The van der Waals surface area contributed by atoms with E-state index in [1.165, 1.54) is 6.92 Å². The maximum Gasteiger partial charge on any atom is 0.331 e. The number of carbonyl (C=O) groups is 2. The molecule has 1 aromatic carbocycles. The second kappa shape index (κ2) is 6.32. The molecule has 20 heavy (non-hydrogen) atoms. The average molecular weight is 275 g/mol. The quantitative estimate of drug-likeness (QED) is 0.785. The van der Waals surface area contributed by atoms with Gasteiger partial charge in [0.1, 0.15) is 6.10 Å². The number of carbonyl (C=O) groups excluding carboxylic acids is 2. The lowest BCUT2D eigenvalue weighted by molar-refractivity contribution is -0.148. The van der Waals surface area contributed by atoms with Gasteiger partial charge in [0, 0.05) is 13.3 Å². The summed E-state index contributed by atoms with van der Waals surface area (Å²) in [6, 6.07) is 8.80. The zero-order chi connectivity index (χ0) is 14.5. The van der Waals surface area contributed by atoms with Gasteiger partial charge in [-0.25, -0.2) is 4.79 Å². The van der Waals surface area contributed by atoms with E-state index in [0.29, 0.717) is 18.7 Å². The van der Waals surface area contributed by atoms with Gasteiger partial charge in [0.2, 0.25) is 0 Å². The van der Waals surface area contributed by atoms with Crippen LogP contribution >= 0.6 is 0 Å². The molecule has 0 fully saturated rings. The summed E-state index contributed by atoms with van der Waals surface area (Å²) in [5.41, 5.74) is 1.48. The van der Waals surface area contributed by atoms with Crippen molar-refractivity contribution in [1.29, 1.82) is 0 Å². The zero-order valence-electron chi connectivity index (χ0n) is 11.5. The van der Waals surface area contributed by atoms with Crippen LogP contribution < -0.4 is 0 Å². The van der Waals surface area contributed by atoms with Gasteiger partial charge in [-0.2, -0.15) is 0 Å². The van der Waals surface area contributed by atoms with Crippen molar-refractivity contribution in [3.63, 3.8) is 0 Å². The molecule has 5 heteroatoms. The summed E-state index contributed by atoms with van der Waals surface area (Å²) in [5.74, 6) is -0.765. The fourth-order valence-corrected chi connectivity index (χ4v) is 2.18. The molecule has 0 amide bonds. The number of esters is 2. The minimum absolute atomic E-state index is 0.309. The molecule has 0 saturated carbocycles. The zero-order valence-corrected chi connectivity index (χ0v) is 11.5. The van der Waals surface area contributed by atoms with E-state index in [1.54, 1.807) is 6.92 Å². The van der Waals surface area contributed by atoms with Crippen LogP contribution in [0.2, 0.25) is 0 Å². The summed E-state index contributed by atoms with van der Waals surface area (Å²) in [7, 11) is 0. The molecule has 0 spiro atoms. The number of hydrogen-bond acceptors (Lipinski definition) is 5. The van der Waals surface area contributed by atoms with Crippen LogP contribution in [0.25, 0.3) is 0 Å². The second-order valence-electron chi connectivity index (χ2n) is 4.48. The normalized spacial score (nSPS) is 21.2. The highest BCUT2D eigenvalue weighted by atomic mass is 16.5. The molecule has 0 aromatic heterocycles. The number of rotatable bonds is 4. The lowest BCUT2D eigenvalue weighted by atomic mass is 10.0. The van der Waals surface area contributed by atoms with E-state index in [9.17, 15) is 9.59 Å². The van der Waals surface area contributed by atoms with E-state index in [1.807, 2.05) is 30.3 Å². The van der Waals surface area contributed by atoms with Gasteiger partial charge in [-0.1, -0.05) is 30.3 Å². The van der Waals surface area contributed by atoms with Crippen molar-refractivity contribution >= 4 is 17.7 Å². The van der Waals surface area contributed by atoms with Crippen molar-refractivity contribution in [3.8, 4) is 0 Å². The third-order valence-electron chi connectivity index (χ3n) is 2.97. The van der Waals surface area contributed by atoms with Crippen LogP contribution in [0, 0.1) is 0 Å². The van der Waals surface area contributed by atoms with Crippen molar-refractivity contribution in [2.45, 2.75) is 32.4 Å². The maximum atomic E-state index is 11.8. The van der Waals surface area contributed by atoms with E-state index in [2.05, 4.69) is 4.99 Å². The number of aliphatic imine (C=N–C) groups is 1. The molecule has 1 aliphatic rings. The van der Waals surface area contributed by atoms with E-state index in [-0.39, 0.29) is 11.9 Å². The Morgan fingerprint density at radius 3 is 2.60 bits per heavy atom. The Balaban J connectivity index is 2.24. The smallest absolute Gasteiger partial charge is 0.331 e. The fraction of sp³-hybridized carbons (Fsp3) is 0.400. The van der Waals surface area contributed by atoms with Crippen LogP contribution in [-0.4, -0.2) is 36.4 Å². The first-order chi connectivity index (χ1) is 9.61. The van der Waals surface area contributed by atoms with Gasteiger partial charge >= 0.3 is 11.9 Å². The Bertz CT molecular complexity index is 524. The van der Waals surface area contributed by atoms with Crippen LogP contribution in [0.4, 0.5) is 0 Å². The Morgan fingerprint density at radius 1 is 1.30 bits per heavy atom. The predicted octanol–water partition coefficient (Wildman–Crippen LogP) is 1.74. The van der Waals surface area contributed by atoms with Gasteiger partial charge in [-0.05, 0) is 12.5 Å². The van der Waals surface area contributed by atoms with Crippen molar-refractivity contribution in [1.82, 2.24) is 0 Å². The monoisotopic (exact) mass is 275 g/mol. The molecular formula is C15H17NO4. The maximum absolute atomic E-state index is 11.8. The highest BCUT2D eigenvalue weighted by molar-refractivity contribution is 6.07. The van der Waals surface area contributed by atoms with E-state index >= 15 is 0 Å². The topological polar surface area (TPSA) is 65.0 Å². The highest BCUT2D eigenvalue weighted by Crippen LogP contribution is 2.23. The predicted molar refractivity (Wildman–Crippen MR) is 73.6 cm³/mol. The van der Waals surface area contributed by atoms with E-state index < -0.39 is 12.1 Å². The largest absolute Gasteiger partial charge is 0.464 e. The van der Waals surface area contributed by atoms with Gasteiger partial charge in [0.05, 0.1) is 12.3 Å². The van der Waals surface area contributed by atoms with E-state index in [4.69, 9.17) is 9.47 Å². The first-order valence-electron chi connectivity index (χ1n) is 6.58. The molecule has 1 heterocycles. The molecular weight excluding hydrogens is 258 g/mol. The van der Waals surface area contributed by atoms with Crippen molar-refractivity contribution in [3.05, 3.63) is 35.9 Å². The molecule has 0 aliphatic carbocycles. The summed E-state index contributed by atoms with van der Waals surface area (Å²) in [5, 5.41) is 0. The standard InChI is InChI=1S/C15H17NO4/c1-3-19-15(18)12-9-13(20-10(2)17)14(16-12)11-7-5-4-6-8-11/h4-8,12-13H,3,9H2,1-2H3/t12-,13+/m1/s1. The lowest BCUT2D eigenvalue weighted by Gasteiger charge is -2.13. The fourth-order valence-electron chi connectivity index (χ4n) is 2.18. The third-order valence-corrected chi connectivity index (χ3v) is 2.97. The minimum Gasteiger partial charge on any atom is -0.464 e. The Hall–Kier alpha value is -2.17. The number of ether oxygens (including phenoxy) is 2. The molecule has 2 atom stereocenters. The second-order valence-corrected chi connectivity index (χ2v) is 4.48. The number of nitrogens with zero attached hydrogens (tertiary/aromatic N) is 1. The summed E-state index contributed by atoms with van der Waals surface area (Å²) in [6.45, 7) is 3.41. The molecule has 0 saturated heterocycles. The van der Waals surface area contributed by atoms with Crippen LogP contribution in [0.5, 0.6) is 0 Å². The lowest BCUT2D eigenvalue weighted by Crippen LogP contribution is -2.26. The number of hydrogen-bond donors (Lipinski definition) is 0. The van der Waals surface area contributed by atoms with Crippen LogP contribution in [0.3, 0.4) is 0 Å². The van der Waals surface area contributed by atoms with Gasteiger partial charge < -0.3 is 9.47 Å². The Morgan fingerprint density at radius 2 is 2.00 bits per heavy atom. The summed E-state index contributed by atoms with van der Waals surface area (Å²) < 4.78 is 10.2. The molecule has 0 radical (unpaired) electrons. The SMILES string of the molecule is CCOC(=O)[C@H]1C[C@H](OC(C)=O)C(c2ccccc2)=N1. The minimum atomic E-state index is -0.602. The van der Waals surface area contributed by atoms with Crippen molar-refractivity contribution < 1.29 is 19.1 Å². The highest BCUT2D eigenvalue weighted by Gasteiger charge is 2.36. The van der Waals surface area contributed by atoms with Crippen LogP contribution in [0.1, 0.15) is 25.8 Å². The summed E-state index contributed by atoms with van der Waals surface area (Å²) in [4.78, 5) is 27.3. The number of benzene rings is 1. The molecule has 0 unspecified atom stereocenters. The van der Waals surface area contributed by atoms with Gasteiger partial charge in [0.15, 0.2) is 6.04 Å². The van der Waals surface area contributed by atoms with Gasteiger partial charge in [-0.3, -0.25) is 9.79 Å². The molecule has 0 bridgehead atoms. The Labute approximate surface area is 117 Å². The Kier molecular flexibility index (Phi) is 4.50. The third kappa shape index (κ3) is 3.23. The van der Waals surface area contributed by atoms with Crippen molar-refractivity contribution in [2.75, 3.05) is 6.61 Å². The first-order valence-corrected chi connectivity index (χ1v) is 6.58. The van der Waals surface area contributed by atoms with Crippen LogP contribution in [-0.2, 0) is 19.1 Å². The van der Waals surface area contributed by atoms with Gasteiger partial charge in [0.25, 0.3) is 0 Å². The molecule has 106 valence electrons. The molecule has 0 N–H and O–H groups in total. The molecule has 2 rings (SSSR count). The molecule has 1 aliphatic heterocycles.